The maximum atomic E-state index is 11.5. The van der Waals surface area contributed by atoms with E-state index in [0.717, 1.165) is 0 Å². The van der Waals surface area contributed by atoms with Crippen LogP contribution in [0.4, 0.5) is 13.2 Å². The lowest BCUT2D eigenvalue weighted by Crippen LogP contribution is -2.38. The Hall–Kier alpha value is -1.00. The molecule has 5 heteroatoms. The summed E-state index contributed by atoms with van der Waals surface area (Å²) in [6, 6.07) is 1.39. The summed E-state index contributed by atoms with van der Waals surface area (Å²) < 4.78 is 39.7. The monoisotopic (exact) mass is 152 g/mol. The van der Waals surface area contributed by atoms with Crippen LogP contribution >= 0.6 is 0 Å². The van der Waals surface area contributed by atoms with Crippen LogP contribution in [0.5, 0.6) is 0 Å². The molecule has 0 aliphatic rings. The first-order chi connectivity index (χ1) is 4.58. The molecule has 0 spiro atoms. The molecule has 0 saturated carbocycles. The summed E-state index contributed by atoms with van der Waals surface area (Å²) in [7, 11) is 0. The molecule has 1 heterocycles. The van der Waals surface area contributed by atoms with Gasteiger partial charge < -0.3 is 0 Å². The molecule has 0 unspecified atom stereocenters. The van der Waals surface area contributed by atoms with Gasteiger partial charge in [0.25, 0.3) is 6.54 Å². The summed E-state index contributed by atoms with van der Waals surface area (Å²) in [5.41, 5.74) is 0. The van der Waals surface area contributed by atoms with E-state index in [-0.39, 0.29) is 0 Å². The van der Waals surface area contributed by atoms with Crippen LogP contribution < -0.4 is 4.74 Å². The fourth-order valence-corrected chi connectivity index (χ4v) is 0.546. The minimum absolute atomic E-state index is 0.708. The Balaban J connectivity index is 2.57. The zero-order chi connectivity index (χ0) is 7.61. The van der Waals surface area contributed by atoms with Gasteiger partial charge in [-0.15, -0.1) is 0 Å². The third-order valence-electron chi connectivity index (χ3n) is 0.862. The molecule has 0 saturated heterocycles. The third kappa shape index (κ3) is 2.08. The van der Waals surface area contributed by atoms with Crippen molar-refractivity contribution >= 4 is 0 Å². The first-order valence-corrected chi connectivity index (χ1v) is 2.58. The minimum atomic E-state index is -4.21. The largest absolute Gasteiger partial charge is 0.453 e. The average molecular weight is 152 g/mol. The van der Waals surface area contributed by atoms with E-state index in [2.05, 4.69) is 4.52 Å². The van der Waals surface area contributed by atoms with Crippen LogP contribution in [-0.2, 0) is 6.54 Å². The van der Waals surface area contributed by atoms with Crippen molar-refractivity contribution in [1.29, 1.82) is 0 Å². The smallest absolute Gasteiger partial charge is 0.244 e. The second-order valence-corrected chi connectivity index (χ2v) is 1.77. The van der Waals surface area contributed by atoms with Gasteiger partial charge in [0, 0.05) is 6.07 Å². The highest BCUT2D eigenvalue weighted by molar-refractivity contribution is 4.63. The Morgan fingerprint density at radius 3 is 2.50 bits per heavy atom. The molecule has 0 N–H and O–H groups in total. The predicted octanol–water partition coefficient (Wildman–Crippen LogP) is 1.13. The highest BCUT2D eigenvalue weighted by Crippen LogP contribution is 2.13. The lowest BCUT2D eigenvalue weighted by atomic mass is 10.6. The van der Waals surface area contributed by atoms with E-state index >= 15 is 0 Å². The minimum Gasteiger partial charge on any atom is -0.244 e. The van der Waals surface area contributed by atoms with Gasteiger partial charge in [-0.3, -0.25) is 0 Å². The zero-order valence-corrected chi connectivity index (χ0v) is 4.93. The molecular formula is C5H5F3NO+. The van der Waals surface area contributed by atoms with Crippen LogP contribution in [0.3, 0.4) is 0 Å². The number of halogens is 3. The molecule has 1 rings (SSSR count). The molecule has 0 aromatic carbocycles. The zero-order valence-electron chi connectivity index (χ0n) is 4.93. The van der Waals surface area contributed by atoms with E-state index < -0.39 is 12.7 Å². The summed E-state index contributed by atoms with van der Waals surface area (Å²) in [6.07, 6.45) is -1.80. The second kappa shape index (κ2) is 2.32. The normalized spacial score (nSPS) is 11.9. The van der Waals surface area contributed by atoms with E-state index in [1.54, 1.807) is 0 Å². The highest BCUT2D eigenvalue weighted by Gasteiger charge is 2.35. The molecule has 1 aromatic heterocycles. The number of rotatable bonds is 1. The summed E-state index contributed by atoms with van der Waals surface area (Å²) in [4.78, 5) is 0. The number of hydrogen-bond donors (Lipinski definition) is 0. The molecule has 0 aliphatic heterocycles. The molecule has 0 radical (unpaired) electrons. The average Bonchev–Trinajstić information content (AvgIpc) is 2.12. The van der Waals surface area contributed by atoms with Gasteiger partial charge in [0.1, 0.15) is 0 Å². The van der Waals surface area contributed by atoms with Gasteiger partial charge >= 0.3 is 6.18 Å². The number of nitrogens with zero attached hydrogens (tertiary/aromatic N) is 1. The summed E-state index contributed by atoms with van der Waals surface area (Å²) >= 11 is 0. The van der Waals surface area contributed by atoms with Crippen molar-refractivity contribution in [2.24, 2.45) is 0 Å². The number of aromatic nitrogens is 1. The summed E-state index contributed by atoms with van der Waals surface area (Å²) in [5, 5.41) is 0. The van der Waals surface area contributed by atoms with Gasteiger partial charge in [-0.2, -0.15) is 13.2 Å². The van der Waals surface area contributed by atoms with Gasteiger partial charge in [-0.1, -0.05) is 0 Å². The van der Waals surface area contributed by atoms with Crippen LogP contribution in [0.1, 0.15) is 0 Å². The summed E-state index contributed by atoms with van der Waals surface area (Å²) in [6.45, 7) is -1.07. The van der Waals surface area contributed by atoms with E-state index in [0.29, 0.717) is 4.74 Å². The van der Waals surface area contributed by atoms with Gasteiger partial charge in [0.2, 0.25) is 6.20 Å². The fraction of sp³-hybridized carbons (Fsp3) is 0.400. The van der Waals surface area contributed by atoms with Gasteiger partial charge in [-0.05, 0) is 4.74 Å². The Labute approximate surface area is 54.8 Å². The number of hydrogen-bond acceptors (Lipinski definition) is 1. The lowest BCUT2D eigenvalue weighted by Gasteiger charge is -1.95. The third-order valence-corrected chi connectivity index (χ3v) is 0.862. The van der Waals surface area contributed by atoms with Gasteiger partial charge in [0.15, 0.2) is 6.26 Å². The Morgan fingerprint density at radius 2 is 2.10 bits per heavy atom. The van der Waals surface area contributed by atoms with Crippen LogP contribution in [0.15, 0.2) is 23.0 Å². The van der Waals surface area contributed by atoms with E-state index in [1.807, 2.05) is 0 Å². The molecule has 0 bridgehead atoms. The van der Waals surface area contributed by atoms with Crippen molar-refractivity contribution in [1.82, 2.24) is 0 Å². The Bertz CT molecular complexity index is 191. The van der Waals surface area contributed by atoms with Crippen LogP contribution in [0.25, 0.3) is 0 Å². The van der Waals surface area contributed by atoms with E-state index in [4.69, 9.17) is 0 Å². The molecule has 0 fully saturated rings. The first kappa shape index (κ1) is 7.11. The molecule has 0 aliphatic carbocycles. The van der Waals surface area contributed by atoms with Crippen LogP contribution in [0, 0.1) is 0 Å². The molecule has 56 valence electrons. The van der Waals surface area contributed by atoms with E-state index in [9.17, 15) is 13.2 Å². The van der Waals surface area contributed by atoms with E-state index in [1.165, 1.54) is 18.5 Å². The topological polar surface area (TPSA) is 17.0 Å². The maximum Gasteiger partial charge on any atom is 0.453 e. The van der Waals surface area contributed by atoms with Crippen molar-refractivity contribution in [2.45, 2.75) is 12.7 Å². The standard InChI is InChI=1S/C5H5F3NO/c6-5(7,8)4-9-2-1-3-10-9/h1-3H,4H2/q+1. The van der Waals surface area contributed by atoms with Crippen molar-refractivity contribution in [3.63, 3.8) is 0 Å². The van der Waals surface area contributed by atoms with Crippen LogP contribution in [0.2, 0.25) is 0 Å². The Kier molecular flexibility index (Phi) is 1.65. The maximum absolute atomic E-state index is 11.5. The first-order valence-electron chi connectivity index (χ1n) is 2.58. The van der Waals surface area contributed by atoms with Crippen molar-refractivity contribution in [3.05, 3.63) is 18.5 Å². The fourth-order valence-electron chi connectivity index (χ4n) is 0.546. The van der Waals surface area contributed by atoms with Crippen molar-refractivity contribution < 1.29 is 22.4 Å². The number of alkyl halides is 3. The second-order valence-electron chi connectivity index (χ2n) is 1.77. The lowest BCUT2D eigenvalue weighted by molar-refractivity contribution is -0.876. The molecule has 0 atom stereocenters. The van der Waals surface area contributed by atoms with Gasteiger partial charge in [-0.25, -0.2) is 4.52 Å². The molecule has 10 heavy (non-hydrogen) atoms. The Morgan fingerprint density at radius 1 is 1.40 bits per heavy atom. The highest BCUT2D eigenvalue weighted by atomic mass is 19.4. The summed E-state index contributed by atoms with van der Waals surface area (Å²) in [5.74, 6) is 0. The molecular weight excluding hydrogens is 147 g/mol. The molecule has 2 nitrogen and oxygen atoms in total. The van der Waals surface area contributed by atoms with Crippen LogP contribution in [-0.4, -0.2) is 6.18 Å². The van der Waals surface area contributed by atoms with Crippen molar-refractivity contribution in [2.75, 3.05) is 0 Å². The SMILES string of the molecule is FC(F)(F)C[n+]1ccco1. The quantitative estimate of drug-likeness (QED) is 0.551. The molecule has 1 aromatic rings. The van der Waals surface area contributed by atoms with Crippen molar-refractivity contribution in [3.8, 4) is 0 Å². The van der Waals surface area contributed by atoms with Gasteiger partial charge in [0.05, 0.1) is 0 Å². The molecule has 0 amide bonds. The predicted molar refractivity (Wildman–Crippen MR) is 25.0 cm³/mol.